The van der Waals surface area contributed by atoms with Gasteiger partial charge in [0.25, 0.3) is 11.8 Å². The highest BCUT2D eigenvalue weighted by Crippen LogP contribution is 2.22. The number of carbonyl (C=O) groups is 3. The molecule has 0 aliphatic carbocycles. The van der Waals surface area contributed by atoms with Crippen molar-refractivity contribution >= 4 is 57.3 Å². The number of hydrogen-bond donors (Lipinski definition) is 2. The molecule has 0 bridgehead atoms. The van der Waals surface area contributed by atoms with Crippen molar-refractivity contribution in [3.8, 4) is 0 Å². The van der Waals surface area contributed by atoms with Crippen LogP contribution in [-0.4, -0.2) is 24.4 Å². The summed E-state index contributed by atoms with van der Waals surface area (Å²) in [6.07, 6.45) is 0. The minimum atomic E-state index is -0.745. The van der Waals surface area contributed by atoms with Crippen molar-refractivity contribution in [2.24, 2.45) is 5.73 Å². The van der Waals surface area contributed by atoms with Gasteiger partial charge in [-0.25, -0.2) is 4.79 Å². The third-order valence-electron chi connectivity index (χ3n) is 2.62. The van der Waals surface area contributed by atoms with Crippen molar-refractivity contribution in [2.45, 2.75) is 0 Å². The zero-order valence-corrected chi connectivity index (χ0v) is 13.8. The molecule has 0 aliphatic heterocycles. The summed E-state index contributed by atoms with van der Waals surface area (Å²) in [6, 6.07) is 5.70. The molecule has 0 unspecified atom stereocenters. The Morgan fingerprint density at radius 1 is 1.17 bits per heavy atom. The fourth-order valence-electron chi connectivity index (χ4n) is 1.65. The van der Waals surface area contributed by atoms with E-state index in [4.69, 9.17) is 33.7 Å². The van der Waals surface area contributed by atoms with Gasteiger partial charge in [-0.1, -0.05) is 23.2 Å². The van der Waals surface area contributed by atoms with Gasteiger partial charge in [0.1, 0.15) is 5.00 Å². The van der Waals surface area contributed by atoms with Crippen molar-refractivity contribution in [1.29, 1.82) is 0 Å². The molecule has 0 atom stereocenters. The number of hydrogen-bond acceptors (Lipinski definition) is 5. The quantitative estimate of drug-likeness (QED) is 0.788. The van der Waals surface area contributed by atoms with Crippen LogP contribution in [0.2, 0.25) is 10.0 Å². The van der Waals surface area contributed by atoms with E-state index < -0.39 is 24.4 Å². The standard InChI is InChI=1S/C14H10Cl2N2O4S/c15-8-3-7(4-9(16)5-8)14(21)22-6-11(19)18-13-10(12(17)20)1-2-23-13/h1-5H,6H2,(H2,17,20)(H,18,19). The number of benzene rings is 1. The van der Waals surface area contributed by atoms with Gasteiger partial charge < -0.3 is 15.8 Å². The van der Waals surface area contributed by atoms with Gasteiger partial charge in [0, 0.05) is 10.0 Å². The molecule has 120 valence electrons. The van der Waals surface area contributed by atoms with Gasteiger partial charge in [-0.15, -0.1) is 11.3 Å². The lowest BCUT2D eigenvalue weighted by molar-refractivity contribution is -0.119. The van der Waals surface area contributed by atoms with Gasteiger partial charge in [0.05, 0.1) is 11.1 Å². The third-order valence-corrected chi connectivity index (χ3v) is 3.88. The Morgan fingerprint density at radius 3 is 2.43 bits per heavy atom. The van der Waals surface area contributed by atoms with Gasteiger partial charge in [-0.2, -0.15) is 0 Å². The second-order valence-corrected chi connectivity index (χ2v) is 6.10. The minimum Gasteiger partial charge on any atom is -0.452 e. The molecule has 23 heavy (non-hydrogen) atoms. The highest BCUT2D eigenvalue weighted by atomic mass is 35.5. The largest absolute Gasteiger partial charge is 0.452 e. The summed E-state index contributed by atoms with van der Waals surface area (Å²) in [5.41, 5.74) is 5.49. The Balaban J connectivity index is 1.95. The molecule has 6 nitrogen and oxygen atoms in total. The molecule has 1 aromatic carbocycles. The van der Waals surface area contributed by atoms with Gasteiger partial charge in [-0.05, 0) is 29.6 Å². The highest BCUT2D eigenvalue weighted by molar-refractivity contribution is 7.14. The number of nitrogens with two attached hydrogens (primary N) is 1. The number of halogens is 2. The molecular weight excluding hydrogens is 363 g/mol. The molecule has 9 heteroatoms. The second-order valence-electron chi connectivity index (χ2n) is 4.31. The Labute approximate surface area is 145 Å². The SMILES string of the molecule is NC(=O)c1ccsc1NC(=O)COC(=O)c1cc(Cl)cc(Cl)c1. The number of amides is 2. The van der Waals surface area contributed by atoms with Crippen LogP contribution in [0.5, 0.6) is 0 Å². The van der Waals surface area contributed by atoms with Crippen LogP contribution < -0.4 is 11.1 Å². The van der Waals surface area contributed by atoms with E-state index in [1.54, 1.807) is 5.38 Å². The molecule has 2 rings (SSSR count). The van der Waals surface area contributed by atoms with Gasteiger partial charge in [0.2, 0.25) is 0 Å². The van der Waals surface area contributed by atoms with E-state index in [2.05, 4.69) is 5.32 Å². The Morgan fingerprint density at radius 2 is 1.83 bits per heavy atom. The molecule has 3 N–H and O–H groups in total. The smallest absolute Gasteiger partial charge is 0.338 e. The molecule has 1 aromatic heterocycles. The third kappa shape index (κ3) is 4.69. The van der Waals surface area contributed by atoms with E-state index in [1.807, 2.05) is 0 Å². The summed E-state index contributed by atoms with van der Waals surface area (Å²) in [6.45, 7) is -0.529. The zero-order chi connectivity index (χ0) is 17.0. The fraction of sp³-hybridized carbons (Fsp3) is 0.0714. The van der Waals surface area contributed by atoms with Crippen LogP contribution in [0, 0.1) is 0 Å². The maximum atomic E-state index is 11.8. The Bertz CT molecular complexity index is 756. The molecule has 0 saturated heterocycles. The summed E-state index contributed by atoms with van der Waals surface area (Å²) in [5, 5.41) is 4.91. The molecule has 2 aromatic rings. The predicted octanol–water partition coefficient (Wildman–Crippen LogP) is 2.95. The summed E-state index contributed by atoms with van der Waals surface area (Å²) in [7, 11) is 0. The first-order valence-electron chi connectivity index (χ1n) is 6.17. The van der Waals surface area contributed by atoms with Crippen LogP contribution in [0.25, 0.3) is 0 Å². The molecule has 0 spiro atoms. The molecular formula is C14H10Cl2N2O4S. The van der Waals surface area contributed by atoms with Gasteiger partial charge >= 0.3 is 5.97 Å². The maximum absolute atomic E-state index is 11.8. The average Bonchev–Trinajstić information content (AvgIpc) is 2.92. The van der Waals surface area contributed by atoms with Crippen molar-refractivity contribution in [1.82, 2.24) is 0 Å². The van der Waals surface area contributed by atoms with Crippen LogP contribution >= 0.6 is 34.5 Å². The van der Waals surface area contributed by atoms with Crippen LogP contribution in [-0.2, 0) is 9.53 Å². The minimum absolute atomic E-state index is 0.129. The molecule has 0 radical (unpaired) electrons. The van der Waals surface area contributed by atoms with Crippen LogP contribution in [0.4, 0.5) is 5.00 Å². The van der Waals surface area contributed by atoms with E-state index in [0.29, 0.717) is 5.00 Å². The lowest BCUT2D eigenvalue weighted by Gasteiger charge is -2.07. The molecule has 0 fully saturated rings. The van der Waals surface area contributed by atoms with Gasteiger partial charge in [0.15, 0.2) is 6.61 Å². The van der Waals surface area contributed by atoms with E-state index >= 15 is 0 Å². The lowest BCUT2D eigenvalue weighted by Crippen LogP contribution is -2.22. The number of esters is 1. The number of thiophene rings is 1. The summed E-state index contributed by atoms with van der Waals surface area (Å²) in [5.74, 6) is -2.01. The number of primary amides is 1. The van der Waals surface area contributed by atoms with Crippen LogP contribution in [0.3, 0.4) is 0 Å². The summed E-state index contributed by atoms with van der Waals surface area (Å²) >= 11 is 12.7. The lowest BCUT2D eigenvalue weighted by atomic mass is 10.2. The molecule has 0 saturated carbocycles. The maximum Gasteiger partial charge on any atom is 0.338 e. The number of carbonyl (C=O) groups excluding carboxylic acids is 3. The topological polar surface area (TPSA) is 98.5 Å². The van der Waals surface area contributed by atoms with Crippen LogP contribution in [0.15, 0.2) is 29.6 Å². The second kappa shape index (κ2) is 7.45. The normalized spacial score (nSPS) is 10.2. The van der Waals surface area contributed by atoms with Crippen LogP contribution in [0.1, 0.15) is 20.7 Å². The Kier molecular flexibility index (Phi) is 5.59. The van der Waals surface area contributed by atoms with Crippen molar-refractivity contribution in [3.63, 3.8) is 0 Å². The van der Waals surface area contributed by atoms with E-state index in [0.717, 1.165) is 11.3 Å². The molecule has 1 heterocycles. The number of anilines is 1. The average molecular weight is 373 g/mol. The Hall–Kier alpha value is -2.09. The molecule has 2 amide bonds. The molecule has 0 aliphatic rings. The van der Waals surface area contributed by atoms with E-state index in [-0.39, 0.29) is 21.2 Å². The van der Waals surface area contributed by atoms with Crippen molar-refractivity contribution in [2.75, 3.05) is 11.9 Å². The van der Waals surface area contributed by atoms with Crippen molar-refractivity contribution in [3.05, 3.63) is 50.8 Å². The van der Waals surface area contributed by atoms with E-state index in [9.17, 15) is 14.4 Å². The zero-order valence-electron chi connectivity index (χ0n) is 11.5. The van der Waals surface area contributed by atoms with Crippen molar-refractivity contribution < 1.29 is 19.1 Å². The number of rotatable bonds is 5. The monoisotopic (exact) mass is 372 g/mol. The fourth-order valence-corrected chi connectivity index (χ4v) is 2.98. The highest BCUT2D eigenvalue weighted by Gasteiger charge is 2.15. The van der Waals surface area contributed by atoms with E-state index in [1.165, 1.54) is 24.3 Å². The number of nitrogens with one attached hydrogen (secondary N) is 1. The first kappa shape index (κ1) is 17.3. The first-order chi connectivity index (χ1) is 10.9. The number of ether oxygens (including phenoxy) is 1. The summed E-state index contributed by atoms with van der Waals surface area (Å²) < 4.78 is 4.87. The van der Waals surface area contributed by atoms with Gasteiger partial charge in [-0.3, -0.25) is 9.59 Å². The summed E-state index contributed by atoms with van der Waals surface area (Å²) in [4.78, 5) is 34.8. The first-order valence-corrected chi connectivity index (χ1v) is 7.80. The predicted molar refractivity (Wildman–Crippen MR) is 88.2 cm³/mol.